The number of carbonyl (C=O) groups excluding carboxylic acids is 1. The Labute approximate surface area is 160 Å². The number of carbonyl (C=O) groups is 1. The van der Waals surface area contributed by atoms with Gasteiger partial charge >= 0.3 is 5.97 Å². The molecule has 26 heavy (non-hydrogen) atoms. The van der Waals surface area contributed by atoms with Crippen molar-refractivity contribution in [1.82, 2.24) is 10.1 Å². The average Bonchev–Trinajstić information content (AvgIpc) is 3.14. The van der Waals surface area contributed by atoms with Crippen molar-refractivity contribution in [2.45, 2.75) is 11.5 Å². The lowest BCUT2D eigenvalue weighted by Crippen LogP contribution is -2.00. The Morgan fingerprint density at radius 2 is 2.08 bits per heavy atom. The molecule has 0 radical (unpaired) electrons. The third-order valence-electron chi connectivity index (χ3n) is 3.42. The van der Waals surface area contributed by atoms with Gasteiger partial charge in [0.25, 0.3) is 5.89 Å². The molecule has 0 aliphatic heterocycles. The van der Waals surface area contributed by atoms with E-state index in [0.717, 1.165) is 16.0 Å². The van der Waals surface area contributed by atoms with Gasteiger partial charge < -0.3 is 9.26 Å². The minimum Gasteiger partial charge on any atom is -0.452 e. The number of nitrogens with zero attached hydrogens (tertiary/aromatic N) is 2. The highest BCUT2D eigenvalue weighted by molar-refractivity contribution is 7.98. The second-order valence-corrected chi connectivity index (χ2v) is 6.55. The lowest BCUT2D eigenvalue weighted by molar-refractivity contribution is -0.139. The van der Waals surface area contributed by atoms with Gasteiger partial charge in [-0.05, 0) is 42.2 Å². The largest absolute Gasteiger partial charge is 0.452 e. The Bertz CT molecular complexity index is 923. The topological polar surface area (TPSA) is 65.2 Å². The van der Waals surface area contributed by atoms with E-state index in [9.17, 15) is 4.79 Å². The molecule has 0 fully saturated rings. The van der Waals surface area contributed by atoms with Crippen LogP contribution in [0.15, 0.2) is 64.0 Å². The fourth-order valence-electron chi connectivity index (χ4n) is 2.12. The zero-order valence-electron chi connectivity index (χ0n) is 13.9. The van der Waals surface area contributed by atoms with Crippen molar-refractivity contribution in [3.63, 3.8) is 0 Å². The Kier molecular flexibility index (Phi) is 6.09. The van der Waals surface area contributed by atoms with E-state index in [-0.39, 0.29) is 12.5 Å². The van der Waals surface area contributed by atoms with Crippen LogP contribution in [0.25, 0.3) is 17.5 Å². The van der Waals surface area contributed by atoms with E-state index in [1.807, 2.05) is 36.6 Å². The van der Waals surface area contributed by atoms with Gasteiger partial charge in [-0.2, -0.15) is 4.98 Å². The van der Waals surface area contributed by atoms with E-state index in [4.69, 9.17) is 20.9 Å². The second-order valence-electron chi connectivity index (χ2n) is 5.24. The summed E-state index contributed by atoms with van der Waals surface area (Å²) < 4.78 is 10.2. The predicted octanol–water partition coefficient (Wildman–Crippen LogP) is 4.87. The van der Waals surface area contributed by atoms with Gasteiger partial charge in [-0.3, -0.25) is 0 Å². The SMILES string of the molecule is CSc1ccc(/C=C/C(=O)OCc2nc(-c3cccc(Cl)c3)no2)cc1. The average molecular weight is 387 g/mol. The third-order valence-corrected chi connectivity index (χ3v) is 4.40. The number of esters is 1. The van der Waals surface area contributed by atoms with Gasteiger partial charge in [0.2, 0.25) is 5.82 Å². The molecule has 7 heteroatoms. The maximum atomic E-state index is 11.8. The molecule has 0 amide bonds. The normalized spacial score (nSPS) is 11.0. The van der Waals surface area contributed by atoms with Crippen molar-refractivity contribution >= 4 is 35.4 Å². The highest BCUT2D eigenvalue weighted by Gasteiger charge is 2.10. The lowest BCUT2D eigenvalue weighted by atomic mass is 10.2. The summed E-state index contributed by atoms with van der Waals surface area (Å²) in [7, 11) is 0. The van der Waals surface area contributed by atoms with E-state index >= 15 is 0 Å². The molecule has 0 unspecified atom stereocenters. The van der Waals surface area contributed by atoms with Gasteiger partial charge in [0.1, 0.15) is 0 Å². The molecule has 0 N–H and O–H groups in total. The van der Waals surface area contributed by atoms with Gasteiger partial charge in [0.05, 0.1) is 0 Å². The number of hydrogen-bond donors (Lipinski definition) is 0. The van der Waals surface area contributed by atoms with Crippen LogP contribution in [-0.2, 0) is 16.1 Å². The Morgan fingerprint density at radius 1 is 1.27 bits per heavy atom. The van der Waals surface area contributed by atoms with Crippen molar-refractivity contribution in [1.29, 1.82) is 0 Å². The molecule has 0 atom stereocenters. The summed E-state index contributed by atoms with van der Waals surface area (Å²) in [5.74, 6) is 0.121. The van der Waals surface area contributed by atoms with E-state index in [1.165, 1.54) is 6.08 Å². The first-order chi connectivity index (χ1) is 12.6. The molecule has 0 spiro atoms. The predicted molar refractivity (Wildman–Crippen MR) is 102 cm³/mol. The first-order valence-corrected chi connectivity index (χ1v) is 9.32. The number of aromatic nitrogens is 2. The number of rotatable bonds is 6. The fourth-order valence-corrected chi connectivity index (χ4v) is 2.72. The number of benzene rings is 2. The first-order valence-electron chi connectivity index (χ1n) is 7.71. The van der Waals surface area contributed by atoms with Gasteiger partial charge in [0.15, 0.2) is 6.61 Å². The molecule has 0 aliphatic carbocycles. The van der Waals surface area contributed by atoms with Crippen molar-refractivity contribution in [3.8, 4) is 11.4 Å². The van der Waals surface area contributed by atoms with Crippen LogP contribution in [0.2, 0.25) is 5.02 Å². The summed E-state index contributed by atoms with van der Waals surface area (Å²) in [5, 5.41) is 4.44. The molecule has 3 aromatic rings. The van der Waals surface area contributed by atoms with E-state index in [2.05, 4.69) is 10.1 Å². The molecule has 5 nitrogen and oxygen atoms in total. The molecular formula is C19H15ClN2O3S. The monoisotopic (exact) mass is 386 g/mol. The van der Waals surface area contributed by atoms with Gasteiger partial charge in [-0.25, -0.2) is 4.79 Å². The summed E-state index contributed by atoms with van der Waals surface area (Å²) in [4.78, 5) is 17.2. The molecule has 3 rings (SSSR count). The van der Waals surface area contributed by atoms with Crippen LogP contribution in [0.1, 0.15) is 11.5 Å². The Balaban J connectivity index is 1.55. The minimum atomic E-state index is -0.485. The summed E-state index contributed by atoms with van der Waals surface area (Å²) in [5.41, 5.74) is 1.65. The first kappa shape index (κ1) is 18.2. The zero-order valence-corrected chi connectivity index (χ0v) is 15.5. The van der Waals surface area contributed by atoms with Crippen molar-refractivity contribution < 1.29 is 14.1 Å². The van der Waals surface area contributed by atoms with Gasteiger partial charge in [0, 0.05) is 21.6 Å². The standard InChI is InChI=1S/C19H15ClN2O3S/c1-26-16-8-5-13(6-9-16)7-10-18(23)24-12-17-21-19(22-25-17)14-3-2-4-15(20)11-14/h2-11H,12H2,1H3/b10-7+. The molecule has 1 heterocycles. The van der Waals surface area contributed by atoms with Crippen LogP contribution in [-0.4, -0.2) is 22.4 Å². The molecule has 0 bridgehead atoms. The summed E-state index contributed by atoms with van der Waals surface area (Å²) >= 11 is 7.60. The van der Waals surface area contributed by atoms with E-state index < -0.39 is 5.97 Å². The van der Waals surface area contributed by atoms with Crippen LogP contribution >= 0.6 is 23.4 Å². The smallest absolute Gasteiger partial charge is 0.331 e. The Hall–Kier alpha value is -2.57. The second kappa shape index (κ2) is 8.69. The fraction of sp³-hybridized carbons (Fsp3) is 0.105. The van der Waals surface area contributed by atoms with Crippen LogP contribution in [0.4, 0.5) is 0 Å². The van der Waals surface area contributed by atoms with Crippen LogP contribution in [0, 0.1) is 0 Å². The maximum absolute atomic E-state index is 11.8. The highest BCUT2D eigenvalue weighted by atomic mass is 35.5. The Morgan fingerprint density at radius 3 is 2.81 bits per heavy atom. The van der Waals surface area contributed by atoms with Gasteiger partial charge in [-0.15, -0.1) is 11.8 Å². The summed E-state index contributed by atoms with van der Waals surface area (Å²) in [6.45, 7) is -0.0951. The maximum Gasteiger partial charge on any atom is 0.331 e. The molecule has 0 saturated carbocycles. The molecular weight excluding hydrogens is 372 g/mol. The number of halogens is 1. The molecule has 2 aromatic carbocycles. The molecule has 0 saturated heterocycles. The van der Waals surface area contributed by atoms with Crippen LogP contribution in [0.3, 0.4) is 0 Å². The van der Waals surface area contributed by atoms with E-state index in [1.54, 1.807) is 36.0 Å². The van der Waals surface area contributed by atoms with Crippen LogP contribution in [0.5, 0.6) is 0 Å². The number of ether oxygens (including phenoxy) is 1. The molecule has 1 aromatic heterocycles. The van der Waals surface area contributed by atoms with Crippen molar-refractivity contribution in [3.05, 3.63) is 71.1 Å². The molecule has 0 aliphatic rings. The third kappa shape index (κ3) is 4.97. The molecule has 132 valence electrons. The van der Waals surface area contributed by atoms with Crippen LogP contribution < -0.4 is 0 Å². The summed E-state index contributed by atoms with van der Waals surface area (Å²) in [6.07, 6.45) is 5.07. The number of hydrogen-bond acceptors (Lipinski definition) is 6. The highest BCUT2D eigenvalue weighted by Crippen LogP contribution is 2.20. The zero-order chi connectivity index (χ0) is 18.4. The van der Waals surface area contributed by atoms with Crippen molar-refractivity contribution in [2.75, 3.05) is 6.26 Å². The van der Waals surface area contributed by atoms with Crippen molar-refractivity contribution in [2.24, 2.45) is 0 Å². The lowest BCUT2D eigenvalue weighted by Gasteiger charge is -1.98. The van der Waals surface area contributed by atoms with E-state index in [0.29, 0.717) is 10.8 Å². The quantitative estimate of drug-likeness (QED) is 0.342. The summed E-state index contributed by atoms with van der Waals surface area (Å²) in [6, 6.07) is 15.0. The number of thioether (sulfide) groups is 1. The van der Waals surface area contributed by atoms with Gasteiger partial charge in [-0.1, -0.05) is 41.0 Å². The minimum absolute atomic E-state index is 0.0951.